The van der Waals surface area contributed by atoms with Crippen LogP contribution in [0.3, 0.4) is 0 Å². The monoisotopic (exact) mass is 533 g/mol. The first kappa shape index (κ1) is 24.6. The van der Waals surface area contributed by atoms with E-state index in [0.29, 0.717) is 11.7 Å². The summed E-state index contributed by atoms with van der Waals surface area (Å²) in [6.45, 7) is 0.705. The number of nitrogens with one attached hydrogen (secondary N) is 1. The predicted octanol–water partition coefficient (Wildman–Crippen LogP) is 6.30. The Hall–Kier alpha value is -4.69. The Labute approximate surface area is 232 Å². The van der Waals surface area contributed by atoms with Crippen molar-refractivity contribution in [3.8, 4) is 17.2 Å². The molecule has 1 fully saturated rings. The van der Waals surface area contributed by atoms with Crippen LogP contribution in [0.4, 0.5) is 5.69 Å². The van der Waals surface area contributed by atoms with Crippen molar-refractivity contribution in [2.75, 3.05) is 12.0 Å². The second kappa shape index (κ2) is 11.0. The maximum Gasteiger partial charge on any atom is 0.174 e. The lowest BCUT2D eigenvalue weighted by molar-refractivity contribution is 0.413. The number of rotatable bonds is 8. The number of pyridine rings is 2. The highest BCUT2D eigenvalue weighted by Gasteiger charge is 2.42. The fraction of sp³-hybridized carbons (Fsp3) is 0.129. The summed E-state index contributed by atoms with van der Waals surface area (Å²) in [7, 11) is 1.65. The molecular weight excluding hydrogens is 506 g/mol. The summed E-state index contributed by atoms with van der Waals surface area (Å²) in [5.41, 5.74) is 4.15. The maximum atomic E-state index is 6.05. The lowest BCUT2D eigenvalue weighted by Crippen LogP contribution is -2.30. The van der Waals surface area contributed by atoms with Crippen molar-refractivity contribution < 1.29 is 9.47 Å². The van der Waals surface area contributed by atoms with Gasteiger partial charge in [0.1, 0.15) is 23.3 Å². The topological polar surface area (TPSA) is 64.4 Å². The summed E-state index contributed by atoms with van der Waals surface area (Å²) in [4.78, 5) is 11.1. The van der Waals surface area contributed by atoms with Gasteiger partial charge in [0, 0.05) is 42.7 Å². The molecule has 3 aromatic heterocycles. The molecule has 0 amide bonds. The number of benzene rings is 2. The van der Waals surface area contributed by atoms with Crippen LogP contribution in [0.15, 0.2) is 116 Å². The van der Waals surface area contributed by atoms with Gasteiger partial charge in [-0.2, -0.15) is 0 Å². The van der Waals surface area contributed by atoms with E-state index in [2.05, 4.69) is 49.1 Å². The number of hydrogen-bond acceptors (Lipinski definition) is 5. The summed E-state index contributed by atoms with van der Waals surface area (Å²) in [6, 6.07) is 29.5. The van der Waals surface area contributed by atoms with Gasteiger partial charge in [-0.05, 0) is 96.6 Å². The van der Waals surface area contributed by atoms with Crippen molar-refractivity contribution in [2.45, 2.75) is 18.6 Å². The van der Waals surface area contributed by atoms with Gasteiger partial charge in [0.15, 0.2) is 5.11 Å². The molecule has 0 radical (unpaired) electrons. The minimum atomic E-state index is -0.128. The fourth-order valence-corrected chi connectivity index (χ4v) is 5.26. The highest BCUT2D eigenvalue weighted by molar-refractivity contribution is 7.80. The van der Waals surface area contributed by atoms with Gasteiger partial charge in [0.2, 0.25) is 0 Å². The van der Waals surface area contributed by atoms with Crippen LogP contribution in [0.5, 0.6) is 17.2 Å². The van der Waals surface area contributed by atoms with E-state index in [1.165, 1.54) is 0 Å². The van der Waals surface area contributed by atoms with Gasteiger partial charge >= 0.3 is 0 Å². The van der Waals surface area contributed by atoms with E-state index in [9.17, 15) is 0 Å². The smallest absolute Gasteiger partial charge is 0.174 e. The van der Waals surface area contributed by atoms with Gasteiger partial charge in [-0.25, -0.2) is 0 Å². The Kier molecular flexibility index (Phi) is 6.93. The average molecular weight is 534 g/mol. The molecule has 39 heavy (non-hydrogen) atoms. The molecule has 1 N–H and O–H groups in total. The van der Waals surface area contributed by atoms with Crippen molar-refractivity contribution in [1.82, 2.24) is 19.9 Å². The Morgan fingerprint density at radius 1 is 0.846 bits per heavy atom. The summed E-state index contributed by atoms with van der Waals surface area (Å²) in [5, 5.41) is 4.19. The largest absolute Gasteiger partial charge is 0.497 e. The molecule has 0 spiro atoms. The van der Waals surface area contributed by atoms with Crippen LogP contribution in [-0.2, 0) is 6.54 Å². The molecule has 1 aliphatic heterocycles. The average Bonchev–Trinajstić information content (AvgIpc) is 3.58. The Morgan fingerprint density at radius 2 is 1.62 bits per heavy atom. The van der Waals surface area contributed by atoms with Crippen molar-refractivity contribution in [1.29, 1.82) is 0 Å². The molecule has 0 unspecified atom stereocenters. The number of thiocarbonyl (C=S) groups is 1. The number of aromatic nitrogens is 3. The summed E-state index contributed by atoms with van der Waals surface area (Å²) in [6.07, 6.45) is 7.61. The van der Waals surface area contributed by atoms with Gasteiger partial charge in [0.05, 0.1) is 18.8 Å². The summed E-state index contributed by atoms with van der Waals surface area (Å²) in [5.74, 6) is 2.26. The molecule has 2 atom stereocenters. The highest BCUT2D eigenvalue weighted by Crippen LogP contribution is 2.42. The summed E-state index contributed by atoms with van der Waals surface area (Å²) >= 11 is 5.91. The van der Waals surface area contributed by atoms with Crippen LogP contribution < -0.4 is 19.7 Å². The molecule has 0 saturated carbocycles. The normalized spacial score (nSPS) is 16.6. The first-order chi connectivity index (χ1) is 19.2. The zero-order chi connectivity index (χ0) is 26.6. The van der Waals surface area contributed by atoms with Crippen LogP contribution in [-0.4, -0.2) is 26.8 Å². The second-order valence-corrected chi connectivity index (χ2v) is 9.58. The zero-order valence-electron chi connectivity index (χ0n) is 21.3. The standard InChI is InChI=1S/C31H27N5O2S/c1-37-24-13-15-26(16-14-24)38-25-11-9-23(10-12-25)36-30(29(34-31(36)39)27-7-2-3-18-33-27)28-8-5-19-35(28)21-22-6-4-17-32-20-22/h2-20,29-30H,21H2,1H3,(H,34,39)/t29-,30-/m1/s1. The molecule has 8 heteroatoms. The minimum absolute atomic E-state index is 0.118. The quantitative estimate of drug-likeness (QED) is 0.235. The molecular formula is C31H27N5O2S. The molecule has 1 aliphatic rings. The Bertz CT molecular complexity index is 1540. The van der Waals surface area contributed by atoms with Crippen molar-refractivity contribution in [3.05, 3.63) is 133 Å². The molecule has 1 saturated heterocycles. The van der Waals surface area contributed by atoms with Gasteiger partial charge < -0.3 is 24.3 Å². The van der Waals surface area contributed by atoms with Crippen LogP contribution in [0.2, 0.25) is 0 Å². The van der Waals surface area contributed by atoms with Gasteiger partial charge in [-0.15, -0.1) is 0 Å². The molecule has 6 rings (SSSR count). The number of methoxy groups -OCH3 is 1. The predicted molar refractivity (Wildman–Crippen MR) is 155 cm³/mol. The van der Waals surface area contributed by atoms with Gasteiger partial charge in [0.25, 0.3) is 0 Å². The summed E-state index contributed by atoms with van der Waals surface area (Å²) < 4.78 is 13.5. The number of nitrogens with zero attached hydrogens (tertiary/aromatic N) is 4. The third-order valence-corrected chi connectivity index (χ3v) is 7.07. The van der Waals surface area contributed by atoms with Gasteiger partial charge in [-0.1, -0.05) is 12.1 Å². The molecule has 0 aliphatic carbocycles. The molecule has 0 bridgehead atoms. The first-order valence-electron chi connectivity index (χ1n) is 12.7. The van der Waals surface area contributed by atoms with Crippen LogP contribution >= 0.6 is 12.2 Å². The minimum Gasteiger partial charge on any atom is -0.497 e. The SMILES string of the molecule is COc1ccc(Oc2ccc(N3C(=S)N[C@H](c4ccccn4)[C@H]3c3cccn3Cc3cccnc3)cc2)cc1. The molecule has 7 nitrogen and oxygen atoms in total. The second-order valence-electron chi connectivity index (χ2n) is 9.19. The number of ether oxygens (including phenoxy) is 2. The van der Waals surface area contributed by atoms with Crippen LogP contribution in [0, 0.1) is 0 Å². The van der Waals surface area contributed by atoms with E-state index >= 15 is 0 Å². The third kappa shape index (κ3) is 5.19. The van der Waals surface area contributed by atoms with E-state index in [1.54, 1.807) is 13.3 Å². The van der Waals surface area contributed by atoms with Crippen molar-refractivity contribution in [2.24, 2.45) is 0 Å². The van der Waals surface area contributed by atoms with E-state index in [-0.39, 0.29) is 12.1 Å². The zero-order valence-corrected chi connectivity index (χ0v) is 22.2. The molecule has 2 aromatic carbocycles. The van der Waals surface area contributed by atoms with E-state index in [1.807, 2.05) is 85.2 Å². The van der Waals surface area contributed by atoms with E-state index in [0.717, 1.165) is 39.9 Å². The van der Waals surface area contributed by atoms with E-state index < -0.39 is 0 Å². The molecule has 194 valence electrons. The fourth-order valence-electron chi connectivity index (χ4n) is 4.92. The lowest BCUT2D eigenvalue weighted by Gasteiger charge is -2.29. The van der Waals surface area contributed by atoms with Crippen molar-refractivity contribution >= 4 is 23.0 Å². The number of anilines is 1. The molecule has 5 aromatic rings. The van der Waals surface area contributed by atoms with Crippen LogP contribution in [0.25, 0.3) is 0 Å². The lowest BCUT2D eigenvalue weighted by atomic mass is 10.0. The third-order valence-electron chi connectivity index (χ3n) is 6.75. The Balaban J connectivity index is 1.33. The number of hydrogen-bond donors (Lipinski definition) is 1. The maximum absolute atomic E-state index is 6.05. The highest BCUT2D eigenvalue weighted by atomic mass is 32.1. The van der Waals surface area contributed by atoms with Crippen LogP contribution in [0.1, 0.15) is 29.0 Å². The molecule has 4 heterocycles. The first-order valence-corrected chi connectivity index (χ1v) is 13.1. The van der Waals surface area contributed by atoms with E-state index in [4.69, 9.17) is 21.7 Å². The van der Waals surface area contributed by atoms with Gasteiger partial charge in [-0.3, -0.25) is 9.97 Å². The van der Waals surface area contributed by atoms with Crippen molar-refractivity contribution in [3.63, 3.8) is 0 Å². The Morgan fingerprint density at radius 3 is 2.31 bits per heavy atom.